The van der Waals surface area contributed by atoms with Gasteiger partial charge in [0.05, 0.1) is 0 Å². The quantitative estimate of drug-likeness (QED) is 0.276. The maximum absolute atomic E-state index is 12.9. The van der Waals surface area contributed by atoms with Crippen LogP contribution in [0.15, 0.2) is 61.3 Å². The summed E-state index contributed by atoms with van der Waals surface area (Å²) in [6.45, 7) is 8.94. The van der Waals surface area contributed by atoms with Crippen LogP contribution >= 0.6 is 0 Å². The molecular formula is C31H38N10O2. The molecule has 12 nitrogen and oxygen atoms in total. The van der Waals surface area contributed by atoms with E-state index in [0.29, 0.717) is 36.2 Å². The van der Waals surface area contributed by atoms with Crippen molar-refractivity contribution in [2.45, 2.75) is 25.7 Å². The third-order valence-electron chi connectivity index (χ3n) is 8.69. The van der Waals surface area contributed by atoms with Crippen LogP contribution < -0.4 is 31.1 Å². The molecule has 6 rings (SSSR count). The topological polar surface area (TPSA) is 131 Å². The molecule has 1 spiro atoms. The third kappa shape index (κ3) is 6.38. The number of aromatic nitrogens is 3. The number of carbonyl (C=O) groups excluding carboxylic acids is 2. The minimum Gasteiger partial charge on any atom is -0.371 e. The van der Waals surface area contributed by atoms with Gasteiger partial charge in [0.2, 0.25) is 5.95 Å². The van der Waals surface area contributed by atoms with E-state index in [1.807, 2.05) is 12.1 Å². The number of anilines is 6. The van der Waals surface area contributed by atoms with E-state index >= 15 is 0 Å². The number of nitrogens with one attached hydrogen (secondary N) is 4. The molecule has 4 N–H and O–H groups in total. The van der Waals surface area contributed by atoms with Crippen molar-refractivity contribution in [3.05, 3.63) is 66.9 Å². The van der Waals surface area contributed by atoms with E-state index in [0.717, 1.165) is 18.8 Å². The molecule has 12 heteroatoms. The first-order valence-corrected chi connectivity index (χ1v) is 14.8. The number of hydrogen-bond donors (Lipinski definition) is 4. The number of likely N-dealkylation sites (tertiary alicyclic amines) is 1. The number of benzene rings is 1. The molecule has 0 unspecified atom stereocenters. The number of amides is 3. The lowest BCUT2D eigenvalue weighted by molar-refractivity contribution is 0.0944. The fourth-order valence-corrected chi connectivity index (χ4v) is 5.85. The maximum atomic E-state index is 12.9. The SMILES string of the molecule is C=CCNC(=O)c1cnc(Nc2ccc(N3CCC4(CCN(C)CC4)CC3)cc2)nc1Nc1cccc(N2CNC2=O)n1. The molecule has 2 aromatic heterocycles. The molecule has 3 amide bonds. The highest BCUT2D eigenvalue weighted by Crippen LogP contribution is 2.42. The smallest absolute Gasteiger partial charge is 0.325 e. The highest BCUT2D eigenvalue weighted by atomic mass is 16.2. The van der Waals surface area contributed by atoms with E-state index in [2.05, 4.69) is 71.8 Å². The minimum absolute atomic E-state index is 0.213. The van der Waals surface area contributed by atoms with Crippen LogP contribution in [0.5, 0.6) is 0 Å². The number of pyridine rings is 1. The average Bonchev–Trinajstić information content (AvgIpc) is 3.02. The van der Waals surface area contributed by atoms with Gasteiger partial charge in [-0.25, -0.2) is 14.8 Å². The second-order valence-corrected chi connectivity index (χ2v) is 11.5. The van der Waals surface area contributed by atoms with Gasteiger partial charge < -0.3 is 31.1 Å². The zero-order chi connectivity index (χ0) is 29.8. The lowest BCUT2D eigenvalue weighted by atomic mass is 9.71. The highest BCUT2D eigenvalue weighted by Gasteiger charge is 2.36. The number of rotatable bonds is 9. The summed E-state index contributed by atoms with van der Waals surface area (Å²) in [6, 6.07) is 13.4. The van der Waals surface area contributed by atoms with E-state index in [9.17, 15) is 9.59 Å². The predicted octanol–water partition coefficient (Wildman–Crippen LogP) is 4.07. The lowest BCUT2D eigenvalue weighted by Crippen LogP contribution is -2.57. The second kappa shape index (κ2) is 12.3. The van der Waals surface area contributed by atoms with Crippen molar-refractivity contribution in [3.8, 4) is 0 Å². The summed E-state index contributed by atoms with van der Waals surface area (Å²) < 4.78 is 0. The number of piperidine rings is 2. The van der Waals surface area contributed by atoms with Crippen LogP contribution in [0.1, 0.15) is 36.0 Å². The molecule has 3 aliphatic heterocycles. The van der Waals surface area contributed by atoms with Crippen LogP contribution in [-0.2, 0) is 0 Å². The Labute approximate surface area is 251 Å². The Morgan fingerprint density at radius 2 is 1.77 bits per heavy atom. The number of carbonyl (C=O) groups is 2. The van der Waals surface area contributed by atoms with Crippen LogP contribution in [0.3, 0.4) is 0 Å². The Kier molecular flexibility index (Phi) is 8.10. The standard InChI is InChI=1S/C31H38N10O2/c1-3-15-32-28(42)24-20-33-29(38-27(24)37-25-5-4-6-26(36-25)41-21-34-30(41)43)35-22-7-9-23(10-8-22)40-18-13-31(14-19-40)11-16-39(2)17-12-31/h3-10,20H,1,11-19,21H2,2H3,(H,32,42)(H,34,43)(H2,33,35,36,37,38). The first-order chi connectivity index (χ1) is 20.9. The molecule has 3 saturated heterocycles. The Hall–Kier alpha value is -4.71. The number of urea groups is 1. The molecule has 3 fully saturated rings. The van der Waals surface area contributed by atoms with Crippen molar-refractivity contribution in [3.63, 3.8) is 0 Å². The molecule has 0 aliphatic carbocycles. The summed E-state index contributed by atoms with van der Waals surface area (Å²) in [5.41, 5.74) is 2.82. The molecule has 3 aliphatic rings. The molecule has 3 aromatic rings. The van der Waals surface area contributed by atoms with E-state index in [4.69, 9.17) is 0 Å². The monoisotopic (exact) mass is 582 g/mol. The molecule has 224 valence electrons. The zero-order valence-electron chi connectivity index (χ0n) is 24.5. The summed E-state index contributed by atoms with van der Waals surface area (Å²) in [7, 11) is 2.22. The normalized spacial score (nSPS) is 18.0. The van der Waals surface area contributed by atoms with Crippen LogP contribution in [0.4, 0.5) is 39.6 Å². The third-order valence-corrected chi connectivity index (χ3v) is 8.69. The van der Waals surface area contributed by atoms with Crippen LogP contribution in [0, 0.1) is 5.41 Å². The van der Waals surface area contributed by atoms with Crippen LogP contribution in [0.2, 0.25) is 0 Å². The van der Waals surface area contributed by atoms with Gasteiger partial charge in [0, 0.05) is 37.2 Å². The maximum Gasteiger partial charge on any atom is 0.325 e. The highest BCUT2D eigenvalue weighted by molar-refractivity contribution is 5.99. The van der Waals surface area contributed by atoms with Gasteiger partial charge in [-0.2, -0.15) is 4.98 Å². The van der Waals surface area contributed by atoms with E-state index in [-0.39, 0.29) is 23.3 Å². The zero-order valence-corrected chi connectivity index (χ0v) is 24.5. The predicted molar refractivity (Wildman–Crippen MR) is 168 cm³/mol. The lowest BCUT2D eigenvalue weighted by Gasteiger charge is -2.46. The van der Waals surface area contributed by atoms with Gasteiger partial charge in [0.25, 0.3) is 5.91 Å². The molecule has 5 heterocycles. The van der Waals surface area contributed by atoms with Crippen LogP contribution in [-0.4, -0.2) is 78.2 Å². The van der Waals surface area contributed by atoms with Gasteiger partial charge in [0.1, 0.15) is 29.7 Å². The van der Waals surface area contributed by atoms with Crippen molar-refractivity contribution in [1.82, 2.24) is 30.5 Å². The number of nitrogens with zero attached hydrogens (tertiary/aromatic N) is 6. The summed E-state index contributed by atoms with van der Waals surface area (Å²) in [6.07, 6.45) is 8.20. The first-order valence-electron chi connectivity index (χ1n) is 14.8. The van der Waals surface area contributed by atoms with Crippen molar-refractivity contribution >= 4 is 46.7 Å². The van der Waals surface area contributed by atoms with Crippen molar-refractivity contribution in [2.75, 3.05) is 66.9 Å². The Balaban J connectivity index is 1.15. The Morgan fingerprint density at radius 3 is 2.44 bits per heavy atom. The fourth-order valence-electron chi connectivity index (χ4n) is 5.85. The van der Waals surface area contributed by atoms with Gasteiger partial charge >= 0.3 is 6.03 Å². The van der Waals surface area contributed by atoms with Gasteiger partial charge in [-0.1, -0.05) is 12.1 Å². The van der Waals surface area contributed by atoms with E-state index in [1.165, 1.54) is 55.6 Å². The van der Waals surface area contributed by atoms with Crippen molar-refractivity contribution < 1.29 is 9.59 Å². The fraction of sp³-hybridized carbons (Fsp3) is 0.387. The molecule has 43 heavy (non-hydrogen) atoms. The molecular weight excluding hydrogens is 544 g/mol. The largest absolute Gasteiger partial charge is 0.371 e. The van der Waals surface area contributed by atoms with Gasteiger partial charge in [-0.05, 0) is 87.6 Å². The van der Waals surface area contributed by atoms with Gasteiger partial charge in [-0.15, -0.1) is 6.58 Å². The molecule has 1 aromatic carbocycles. The molecule has 0 atom stereocenters. The Bertz CT molecular complexity index is 1480. The van der Waals surface area contributed by atoms with E-state index in [1.54, 1.807) is 24.3 Å². The average molecular weight is 583 g/mol. The first kappa shape index (κ1) is 28.4. The second-order valence-electron chi connectivity index (χ2n) is 11.5. The van der Waals surface area contributed by atoms with E-state index < -0.39 is 0 Å². The summed E-state index contributed by atoms with van der Waals surface area (Å²) in [5.74, 6) is 1.20. The van der Waals surface area contributed by atoms with Gasteiger partial charge in [-0.3, -0.25) is 9.69 Å². The minimum atomic E-state index is -0.347. The molecule has 0 bridgehead atoms. The van der Waals surface area contributed by atoms with Crippen molar-refractivity contribution in [1.29, 1.82) is 0 Å². The van der Waals surface area contributed by atoms with Crippen LogP contribution in [0.25, 0.3) is 0 Å². The van der Waals surface area contributed by atoms with Crippen molar-refractivity contribution in [2.24, 2.45) is 5.41 Å². The Morgan fingerprint density at radius 1 is 1.02 bits per heavy atom. The van der Waals surface area contributed by atoms with Gasteiger partial charge in [0.15, 0.2) is 0 Å². The summed E-state index contributed by atoms with van der Waals surface area (Å²) in [5, 5.41) is 11.8. The summed E-state index contributed by atoms with van der Waals surface area (Å²) in [4.78, 5) is 44.7. The number of hydrogen-bond acceptors (Lipinski definition) is 9. The molecule has 0 saturated carbocycles. The summed E-state index contributed by atoms with van der Waals surface area (Å²) >= 11 is 0. The molecule has 0 radical (unpaired) electrons.